The third-order valence-electron chi connectivity index (χ3n) is 2.78. The molecule has 0 aliphatic rings. The number of nitrogens with zero attached hydrogens (tertiary/aromatic N) is 2. The fraction of sp³-hybridized carbons (Fsp3) is 0.462. The van der Waals surface area contributed by atoms with Gasteiger partial charge in [-0.1, -0.05) is 6.92 Å². The molecule has 1 unspecified atom stereocenters. The predicted octanol–water partition coefficient (Wildman–Crippen LogP) is 2.83. The Labute approximate surface area is 102 Å². The normalized spacial score (nSPS) is 12.9. The molecular formula is C13H19N3O. The molecule has 0 saturated carbocycles. The van der Waals surface area contributed by atoms with Gasteiger partial charge in [-0.25, -0.2) is 0 Å². The van der Waals surface area contributed by atoms with Crippen molar-refractivity contribution in [2.24, 2.45) is 0 Å². The summed E-state index contributed by atoms with van der Waals surface area (Å²) in [6.07, 6.45) is 1.96. The maximum atomic E-state index is 5.80. The Morgan fingerprint density at radius 3 is 2.82 bits per heavy atom. The molecule has 1 atom stereocenters. The Morgan fingerprint density at radius 2 is 2.18 bits per heavy atom. The van der Waals surface area contributed by atoms with Crippen LogP contribution in [0, 0.1) is 0 Å². The minimum atomic E-state index is 0.238. The van der Waals surface area contributed by atoms with Gasteiger partial charge in [0.2, 0.25) is 0 Å². The molecule has 0 amide bonds. The van der Waals surface area contributed by atoms with Gasteiger partial charge in [0.05, 0.1) is 6.04 Å². The molecule has 0 radical (unpaired) electrons. The van der Waals surface area contributed by atoms with E-state index >= 15 is 0 Å². The van der Waals surface area contributed by atoms with Crippen LogP contribution in [-0.4, -0.2) is 16.3 Å². The number of furan rings is 1. The first-order valence-corrected chi connectivity index (χ1v) is 6.11. The maximum Gasteiger partial charge on any atom is 0.154 e. The Kier molecular flexibility index (Phi) is 3.64. The fourth-order valence-corrected chi connectivity index (χ4v) is 1.80. The van der Waals surface area contributed by atoms with E-state index in [1.54, 1.807) is 0 Å². The largest absolute Gasteiger partial charge is 0.458 e. The van der Waals surface area contributed by atoms with Crippen molar-refractivity contribution < 1.29 is 4.42 Å². The molecule has 0 aromatic carbocycles. The van der Waals surface area contributed by atoms with Gasteiger partial charge in [0.15, 0.2) is 5.76 Å². The number of aryl methyl sites for hydroxylation is 1. The number of hydrogen-bond acceptors (Lipinski definition) is 3. The van der Waals surface area contributed by atoms with Crippen LogP contribution in [0.1, 0.15) is 32.6 Å². The van der Waals surface area contributed by atoms with Gasteiger partial charge < -0.3 is 9.73 Å². The molecule has 0 aliphatic carbocycles. The van der Waals surface area contributed by atoms with Crippen molar-refractivity contribution in [3.8, 4) is 11.5 Å². The van der Waals surface area contributed by atoms with Gasteiger partial charge in [-0.15, -0.1) is 0 Å². The molecule has 2 aromatic rings. The monoisotopic (exact) mass is 233 g/mol. The minimum absolute atomic E-state index is 0.238. The van der Waals surface area contributed by atoms with Crippen molar-refractivity contribution in [1.29, 1.82) is 0 Å². The van der Waals surface area contributed by atoms with E-state index < -0.39 is 0 Å². The van der Waals surface area contributed by atoms with E-state index in [-0.39, 0.29) is 6.04 Å². The summed E-state index contributed by atoms with van der Waals surface area (Å²) in [6.45, 7) is 8.06. The maximum absolute atomic E-state index is 5.80. The van der Waals surface area contributed by atoms with Crippen molar-refractivity contribution in [2.45, 2.75) is 33.4 Å². The van der Waals surface area contributed by atoms with E-state index in [0.717, 1.165) is 30.3 Å². The first-order valence-electron chi connectivity index (χ1n) is 6.11. The van der Waals surface area contributed by atoms with Crippen LogP contribution in [-0.2, 0) is 6.54 Å². The first kappa shape index (κ1) is 11.9. The Balaban J connectivity index is 2.17. The van der Waals surface area contributed by atoms with Crippen LogP contribution < -0.4 is 5.32 Å². The summed E-state index contributed by atoms with van der Waals surface area (Å²) in [5, 5.41) is 7.74. The standard InChI is InChI=1S/C13H19N3O/c1-4-14-10(3)12-6-7-13(17-12)11-8-9-16(5-2)15-11/h6-10,14H,4-5H2,1-3H3. The molecule has 0 aliphatic heterocycles. The highest BCUT2D eigenvalue weighted by Gasteiger charge is 2.11. The average Bonchev–Trinajstić information content (AvgIpc) is 2.98. The lowest BCUT2D eigenvalue weighted by Crippen LogP contribution is -2.16. The van der Waals surface area contributed by atoms with Crippen molar-refractivity contribution in [3.05, 3.63) is 30.2 Å². The lowest BCUT2D eigenvalue weighted by molar-refractivity contribution is 0.444. The van der Waals surface area contributed by atoms with Crippen LogP contribution in [0.5, 0.6) is 0 Å². The molecule has 0 bridgehead atoms. The molecule has 0 saturated heterocycles. The molecule has 4 heteroatoms. The zero-order valence-corrected chi connectivity index (χ0v) is 10.6. The van der Waals surface area contributed by atoms with Gasteiger partial charge in [-0.05, 0) is 38.6 Å². The van der Waals surface area contributed by atoms with Gasteiger partial charge >= 0.3 is 0 Å². The summed E-state index contributed by atoms with van der Waals surface area (Å²) < 4.78 is 7.70. The average molecular weight is 233 g/mol. The van der Waals surface area contributed by atoms with Gasteiger partial charge in [0, 0.05) is 12.7 Å². The number of aromatic nitrogens is 2. The molecule has 2 aromatic heterocycles. The summed E-state index contributed by atoms with van der Waals surface area (Å²) in [4.78, 5) is 0. The van der Waals surface area contributed by atoms with Crippen LogP contribution in [0.2, 0.25) is 0 Å². The number of rotatable bonds is 5. The smallest absolute Gasteiger partial charge is 0.154 e. The molecule has 17 heavy (non-hydrogen) atoms. The Morgan fingerprint density at radius 1 is 1.35 bits per heavy atom. The highest BCUT2D eigenvalue weighted by molar-refractivity contribution is 5.51. The molecule has 0 spiro atoms. The van der Waals surface area contributed by atoms with E-state index in [1.165, 1.54) is 0 Å². The summed E-state index contributed by atoms with van der Waals surface area (Å²) >= 11 is 0. The second kappa shape index (κ2) is 5.19. The molecule has 2 heterocycles. The second-order valence-corrected chi connectivity index (χ2v) is 4.04. The van der Waals surface area contributed by atoms with Crippen LogP contribution in [0.15, 0.2) is 28.8 Å². The van der Waals surface area contributed by atoms with Gasteiger partial charge in [-0.2, -0.15) is 5.10 Å². The molecule has 1 N–H and O–H groups in total. The Bertz CT molecular complexity index is 472. The quantitative estimate of drug-likeness (QED) is 0.863. The van der Waals surface area contributed by atoms with E-state index in [4.69, 9.17) is 4.42 Å². The van der Waals surface area contributed by atoms with E-state index in [9.17, 15) is 0 Å². The molecule has 2 rings (SSSR count). The lowest BCUT2D eigenvalue weighted by atomic mass is 10.2. The van der Waals surface area contributed by atoms with Crippen LogP contribution in [0.3, 0.4) is 0 Å². The predicted molar refractivity (Wildman–Crippen MR) is 67.7 cm³/mol. The number of nitrogens with one attached hydrogen (secondary N) is 1. The van der Waals surface area contributed by atoms with Crippen molar-refractivity contribution in [1.82, 2.24) is 15.1 Å². The zero-order valence-electron chi connectivity index (χ0n) is 10.6. The van der Waals surface area contributed by atoms with Crippen LogP contribution >= 0.6 is 0 Å². The molecule has 92 valence electrons. The molecule has 4 nitrogen and oxygen atoms in total. The third kappa shape index (κ3) is 2.58. The van der Waals surface area contributed by atoms with Crippen LogP contribution in [0.4, 0.5) is 0 Å². The second-order valence-electron chi connectivity index (χ2n) is 4.04. The topological polar surface area (TPSA) is 43.0 Å². The minimum Gasteiger partial charge on any atom is -0.458 e. The molecular weight excluding hydrogens is 214 g/mol. The summed E-state index contributed by atoms with van der Waals surface area (Å²) in [7, 11) is 0. The Hall–Kier alpha value is -1.55. The summed E-state index contributed by atoms with van der Waals surface area (Å²) in [5.74, 6) is 1.78. The molecule has 0 fully saturated rings. The SMILES string of the molecule is CCNC(C)c1ccc(-c2ccn(CC)n2)o1. The lowest BCUT2D eigenvalue weighted by Gasteiger charge is -2.08. The van der Waals surface area contributed by atoms with Gasteiger partial charge in [-0.3, -0.25) is 4.68 Å². The van der Waals surface area contributed by atoms with Gasteiger partial charge in [0.1, 0.15) is 11.5 Å². The van der Waals surface area contributed by atoms with Gasteiger partial charge in [0.25, 0.3) is 0 Å². The van der Waals surface area contributed by atoms with E-state index in [0.29, 0.717) is 0 Å². The fourth-order valence-electron chi connectivity index (χ4n) is 1.80. The van der Waals surface area contributed by atoms with E-state index in [2.05, 4.69) is 31.2 Å². The first-order chi connectivity index (χ1) is 8.24. The highest BCUT2D eigenvalue weighted by Crippen LogP contribution is 2.23. The zero-order chi connectivity index (χ0) is 12.3. The number of hydrogen-bond donors (Lipinski definition) is 1. The summed E-state index contributed by atoms with van der Waals surface area (Å²) in [5.41, 5.74) is 0.891. The van der Waals surface area contributed by atoms with Crippen molar-refractivity contribution in [2.75, 3.05) is 6.54 Å². The van der Waals surface area contributed by atoms with Crippen molar-refractivity contribution in [3.63, 3.8) is 0 Å². The van der Waals surface area contributed by atoms with E-state index in [1.807, 2.05) is 29.1 Å². The highest BCUT2D eigenvalue weighted by atomic mass is 16.3. The summed E-state index contributed by atoms with van der Waals surface area (Å²) in [6, 6.07) is 6.20. The van der Waals surface area contributed by atoms with Crippen molar-refractivity contribution >= 4 is 0 Å². The third-order valence-corrected chi connectivity index (χ3v) is 2.78. The van der Waals surface area contributed by atoms with Crippen LogP contribution in [0.25, 0.3) is 11.5 Å².